The molecule has 3 heterocycles. The van der Waals surface area contributed by atoms with Crippen LogP contribution in [0.4, 0.5) is 19.0 Å². The standard InChI is InChI=1S/C20H20F3N5O2S/c1-31(30)19-9-18(24-11-25-19)27-5-3-15(16(23)10-27)20(29)28-17(2-4-26-28)12-6-13(21)8-14(22)7-12/h4,6-9,11,15-17H,2-3,5,10H2,1H3/t15-,16+,17+,31+/m1/s1. The van der Waals surface area contributed by atoms with Crippen molar-refractivity contribution in [1.82, 2.24) is 15.0 Å². The summed E-state index contributed by atoms with van der Waals surface area (Å²) in [5.41, 5.74) is 0.275. The van der Waals surface area contributed by atoms with E-state index in [1.54, 1.807) is 11.0 Å². The summed E-state index contributed by atoms with van der Waals surface area (Å²) in [5.74, 6) is -2.50. The van der Waals surface area contributed by atoms with Gasteiger partial charge in [-0.2, -0.15) is 5.10 Å². The lowest BCUT2D eigenvalue weighted by molar-refractivity contribution is -0.140. The zero-order valence-corrected chi connectivity index (χ0v) is 17.4. The average Bonchev–Trinajstić information content (AvgIpc) is 3.22. The monoisotopic (exact) mass is 451 g/mol. The summed E-state index contributed by atoms with van der Waals surface area (Å²) in [6.07, 6.45) is 3.27. The molecule has 1 saturated heterocycles. The van der Waals surface area contributed by atoms with Crippen LogP contribution in [-0.4, -0.2) is 56.8 Å². The first-order chi connectivity index (χ1) is 14.8. The molecule has 2 aromatic rings. The topological polar surface area (TPSA) is 78.8 Å². The highest BCUT2D eigenvalue weighted by Gasteiger charge is 2.40. The molecule has 164 valence electrons. The highest BCUT2D eigenvalue weighted by atomic mass is 32.2. The van der Waals surface area contributed by atoms with Gasteiger partial charge in [0.1, 0.15) is 35.0 Å². The van der Waals surface area contributed by atoms with Crippen LogP contribution in [0.1, 0.15) is 24.4 Å². The van der Waals surface area contributed by atoms with Crippen molar-refractivity contribution in [3.63, 3.8) is 0 Å². The molecule has 31 heavy (non-hydrogen) atoms. The minimum atomic E-state index is -1.49. The fraction of sp³-hybridized carbons (Fsp3) is 0.400. The maximum absolute atomic E-state index is 15.0. The summed E-state index contributed by atoms with van der Waals surface area (Å²) >= 11 is 0. The van der Waals surface area contributed by atoms with Crippen LogP contribution in [-0.2, 0) is 15.6 Å². The van der Waals surface area contributed by atoms with Gasteiger partial charge in [-0.3, -0.25) is 9.00 Å². The van der Waals surface area contributed by atoms with Gasteiger partial charge in [0, 0.05) is 37.6 Å². The van der Waals surface area contributed by atoms with E-state index < -0.39 is 46.5 Å². The molecule has 0 spiro atoms. The third-order valence-corrected chi connectivity index (χ3v) is 6.24. The SMILES string of the molecule is C[S@](=O)c1cc(N2CC[C@@H](C(=O)N3N=CC[C@H]3c3cc(F)cc(F)c3)[C@@H](F)C2)ncn1. The maximum atomic E-state index is 15.0. The number of halogens is 3. The van der Waals surface area contributed by atoms with Gasteiger partial charge in [0.25, 0.3) is 0 Å². The number of nitrogens with zero attached hydrogens (tertiary/aromatic N) is 5. The fourth-order valence-electron chi connectivity index (χ4n) is 3.89. The second kappa shape index (κ2) is 8.74. The van der Waals surface area contributed by atoms with Gasteiger partial charge in [-0.25, -0.2) is 28.1 Å². The molecule has 2 aliphatic rings. The van der Waals surface area contributed by atoms with E-state index in [2.05, 4.69) is 15.1 Å². The van der Waals surface area contributed by atoms with Gasteiger partial charge >= 0.3 is 0 Å². The molecule has 0 N–H and O–H groups in total. The van der Waals surface area contributed by atoms with Gasteiger partial charge in [-0.15, -0.1) is 0 Å². The van der Waals surface area contributed by atoms with E-state index in [9.17, 15) is 17.8 Å². The highest BCUT2D eigenvalue weighted by molar-refractivity contribution is 7.84. The van der Waals surface area contributed by atoms with Gasteiger partial charge in [-0.1, -0.05) is 0 Å². The largest absolute Gasteiger partial charge is 0.354 e. The summed E-state index contributed by atoms with van der Waals surface area (Å²) in [6, 6.07) is 3.94. The van der Waals surface area contributed by atoms with E-state index in [0.717, 1.165) is 23.2 Å². The van der Waals surface area contributed by atoms with E-state index >= 15 is 4.39 Å². The van der Waals surface area contributed by atoms with Crippen LogP contribution in [0, 0.1) is 17.6 Å². The summed E-state index contributed by atoms with van der Waals surface area (Å²) < 4.78 is 53.9. The van der Waals surface area contributed by atoms with Crippen molar-refractivity contribution in [2.45, 2.75) is 30.1 Å². The van der Waals surface area contributed by atoms with E-state index in [0.29, 0.717) is 23.8 Å². The molecule has 1 amide bonds. The predicted octanol–water partition coefficient (Wildman–Crippen LogP) is 2.62. The van der Waals surface area contributed by atoms with Crippen molar-refractivity contribution < 1.29 is 22.2 Å². The molecule has 0 saturated carbocycles. The van der Waals surface area contributed by atoms with Crippen LogP contribution < -0.4 is 4.90 Å². The summed E-state index contributed by atoms with van der Waals surface area (Å²) in [4.78, 5) is 22.8. The zero-order chi connectivity index (χ0) is 22.1. The molecular formula is C20H20F3N5O2S. The van der Waals surface area contributed by atoms with Crippen LogP contribution >= 0.6 is 0 Å². The Labute approximate surface area is 179 Å². The first kappa shape index (κ1) is 21.4. The molecule has 2 aliphatic heterocycles. The van der Waals surface area contributed by atoms with Crippen molar-refractivity contribution >= 4 is 28.7 Å². The molecule has 11 heteroatoms. The minimum Gasteiger partial charge on any atom is -0.354 e. The maximum Gasteiger partial charge on any atom is 0.249 e. The lowest BCUT2D eigenvalue weighted by Crippen LogP contribution is -2.48. The Bertz CT molecular complexity index is 1030. The molecule has 0 unspecified atom stereocenters. The van der Waals surface area contributed by atoms with Crippen molar-refractivity contribution in [2.75, 3.05) is 24.2 Å². The number of hydrogen-bond donors (Lipinski definition) is 0. The van der Waals surface area contributed by atoms with E-state index in [4.69, 9.17) is 0 Å². The quantitative estimate of drug-likeness (QED) is 0.668. The lowest BCUT2D eigenvalue weighted by atomic mass is 9.92. The van der Waals surface area contributed by atoms with Crippen LogP contribution in [0.5, 0.6) is 0 Å². The Morgan fingerprint density at radius 1 is 1.16 bits per heavy atom. The fourth-order valence-corrected chi connectivity index (χ4v) is 4.36. The van der Waals surface area contributed by atoms with Crippen LogP contribution in [0.2, 0.25) is 0 Å². The van der Waals surface area contributed by atoms with Crippen molar-refractivity contribution in [3.8, 4) is 0 Å². The number of piperidine rings is 1. The third kappa shape index (κ3) is 4.46. The number of hydrogen-bond acceptors (Lipinski definition) is 6. The Morgan fingerprint density at radius 2 is 1.90 bits per heavy atom. The molecule has 1 fully saturated rings. The average molecular weight is 451 g/mol. The molecule has 0 aliphatic carbocycles. The number of aromatic nitrogens is 2. The van der Waals surface area contributed by atoms with Gasteiger partial charge in [0.2, 0.25) is 5.91 Å². The summed E-state index contributed by atoms with van der Waals surface area (Å²) in [6.45, 7) is 0.292. The number of carbonyl (C=O) groups is 1. The number of anilines is 1. The minimum absolute atomic E-state index is 0.0694. The molecule has 1 aromatic carbocycles. The number of alkyl halides is 1. The molecule has 4 atom stereocenters. The first-order valence-corrected chi connectivity index (χ1v) is 11.3. The van der Waals surface area contributed by atoms with Gasteiger partial charge in [0.05, 0.1) is 29.3 Å². The van der Waals surface area contributed by atoms with Gasteiger partial charge < -0.3 is 4.90 Å². The Balaban J connectivity index is 1.48. The second-order valence-electron chi connectivity index (χ2n) is 7.46. The Hall–Kier alpha value is -2.82. The Kier molecular flexibility index (Phi) is 6.03. The highest BCUT2D eigenvalue weighted by Crippen LogP contribution is 2.34. The summed E-state index contributed by atoms with van der Waals surface area (Å²) in [5, 5.41) is 5.52. The van der Waals surface area contributed by atoms with E-state index in [1.807, 2.05) is 0 Å². The molecular weight excluding hydrogens is 431 g/mol. The van der Waals surface area contributed by atoms with Crippen LogP contribution in [0.3, 0.4) is 0 Å². The van der Waals surface area contributed by atoms with Gasteiger partial charge in [-0.05, 0) is 24.1 Å². The summed E-state index contributed by atoms with van der Waals surface area (Å²) in [7, 11) is -1.30. The predicted molar refractivity (Wildman–Crippen MR) is 109 cm³/mol. The lowest BCUT2D eigenvalue weighted by Gasteiger charge is -2.36. The zero-order valence-electron chi connectivity index (χ0n) is 16.6. The van der Waals surface area contributed by atoms with Crippen LogP contribution in [0.25, 0.3) is 0 Å². The molecule has 1 aromatic heterocycles. The smallest absolute Gasteiger partial charge is 0.249 e. The third-order valence-electron chi connectivity index (χ3n) is 5.43. The Morgan fingerprint density at radius 3 is 2.58 bits per heavy atom. The normalized spacial score (nSPS) is 24.5. The number of rotatable bonds is 4. The van der Waals surface area contributed by atoms with Crippen molar-refractivity contribution in [3.05, 3.63) is 47.8 Å². The molecule has 4 rings (SSSR count). The van der Waals surface area contributed by atoms with E-state index in [1.165, 1.54) is 18.8 Å². The van der Waals surface area contributed by atoms with Gasteiger partial charge in [0.15, 0.2) is 0 Å². The number of amides is 1. The van der Waals surface area contributed by atoms with Crippen molar-refractivity contribution in [1.29, 1.82) is 0 Å². The number of carbonyl (C=O) groups excluding carboxylic acids is 1. The van der Waals surface area contributed by atoms with E-state index in [-0.39, 0.29) is 18.5 Å². The molecule has 0 radical (unpaired) electrons. The van der Waals surface area contributed by atoms with Crippen molar-refractivity contribution in [2.24, 2.45) is 11.0 Å². The number of benzene rings is 1. The molecule has 0 bridgehead atoms. The second-order valence-corrected chi connectivity index (χ2v) is 8.79. The number of hydrazone groups is 1. The molecule has 7 nitrogen and oxygen atoms in total. The first-order valence-electron chi connectivity index (χ1n) is 9.69. The van der Waals surface area contributed by atoms with Crippen LogP contribution in [0.15, 0.2) is 40.7 Å².